The lowest BCUT2D eigenvalue weighted by Gasteiger charge is -2.42. The third-order valence-corrected chi connectivity index (χ3v) is 8.25. The summed E-state index contributed by atoms with van der Waals surface area (Å²) in [5.41, 5.74) is 8.55. The van der Waals surface area contributed by atoms with Crippen LogP contribution < -0.4 is 4.90 Å². The molecule has 0 fully saturated rings. The first-order chi connectivity index (χ1) is 20.0. The lowest BCUT2D eigenvalue weighted by Crippen LogP contribution is -2.30. The quantitative estimate of drug-likeness (QED) is 0.204. The van der Waals surface area contributed by atoms with E-state index in [1.807, 2.05) is 60.7 Å². The first-order valence-electron chi connectivity index (χ1n) is 13.7. The van der Waals surface area contributed by atoms with Gasteiger partial charge < -0.3 is 4.90 Å². The molecule has 0 bridgehead atoms. The van der Waals surface area contributed by atoms with E-state index >= 15 is 0 Å². The summed E-state index contributed by atoms with van der Waals surface area (Å²) in [5.74, 6) is 1.97. The van der Waals surface area contributed by atoms with E-state index in [4.69, 9.17) is 15.0 Å². The van der Waals surface area contributed by atoms with E-state index in [-0.39, 0.29) is 5.41 Å². The van der Waals surface area contributed by atoms with Crippen LogP contribution in [0.25, 0.3) is 34.2 Å². The summed E-state index contributed by atoms with van der Waals surface area (Å²) in [7, 11) is 0. The molecule has 0 unspecified atom stereocenters. The summed E-state index contributed by atoms with van der Waals surface area (Å²) in [6.45, 7) is 4.59. The Kier molecular flexibility index (Phi) is 6.25. The van der Waals surface area contributed by atoms with Crippen molar-refractivity contribution < 1.29 is 0 Å². The van der Waals surface area contributed by atoms with Gasteiger partial charge in [0.15, 0.2) is 17.5 Å². The van der Waals surface area contributed by atoms with Crippen LogP contribution in [0.15, 0.2) is 132 Å². The van der Waals surface area contributed by atoms with Gasteiger partial charge in [-0.15, -0.1) is 0 Å². The molecule has 0 saturated carbocycles. The Morgan fingerprint density at radius 1 is 0.512 bits per heavy atom. The van der Waals surface area contributed by atoms with Gasteiger partial charge in [0, 0.05) is 32.3 Å². The highest BCUT2D eigenvalue weighted by Crippen LogP contribution is 2.53. The molecule has 4 nitrogen and oxygen atoms in total. The normalized spacial score (nSPS) is 13.4. The minimum atomic E-state index is -0.257. The van der Waals surface area contributed by atoms with Gasteiger partial charge in [-0.25, -0.2) is 15.0 Å². The number of rotatable bonds is 4. The second-order valence-electron chi connectivity index (χ2n) is 10.7. The minimum absolute atomic E-state index is 0.257. The fourth-order valence-electron chi connectivity index (χ4n) is 5.64. The molecule has 41 heavy (non-hydrogen) atoms. The molecule has 0 spiro atoms. The van der Waals surface area contributed by atoms with Crippen LogP contribution >= 0.6 is 15.9 Å². The maximum absolute atomic E-state index is 4.99. The molecule has 5 heteroatoms. The van der Waals surface area contributed by atoms with Gasteiger partial charge in [0.25, 0.3) is 0 Å². The lowest BCUT2D eigenvalue weighted by atomic mass is 9.73. The van der Waals surface area contributed by atoms with Crippen molar-refractivity contribution in [2.45, 2.75) is 19.3 Å². The third-order valence-electron chi connectivity index (χ3n) is 7.76. The number of fused-ring (bicyclic) bond motifs is 2. The van der Waals surface area contributed by atoms with Gasteiger partial charge in [-0.1, -0.05) is 109 Å². The van der Waals surface area contributed by atoms with E-state index in [9.17, 15) is 0 Å². The Morgan fingerprint density at radius 3 is 1.54 bits per heavy atom. The molecule has 5 aromatic carbocycles. The number of anilines is 3. The average Bonchev–Trinajstić information content (AvgIpc) is 3.02. The third kappa shape index (κ3) is 4.52. The summed E-state index contributed by atoms with van der Waals surface area (Å²) in [5, 5.41) is 0. The number of benzene rings is 5. The van der Waals surface area contributed by atoms with Crippen LogP contribution in [0.4, 0.5) is 17.1 Å². The number of para-hydroxylation sites is 1. The number of hydrogen-bond donors (Lipinski definition) is 0. The van der Waals surface area contributed by atoms with Crippen molar-refractivity contribution >= 4 is 33.0 Å². The summed E-state index contributed by atoms with van der Waals surface area (Å²) in [4.78, 5) is 17.2. The van der Waals surface area contributed by atoms with Gasteiger partial charge in [0.2, 0.25) is 0 Å². The van der Waals surface area contributed by atoms with Crippen molar-refractivity contribution in [3.8, 4) is 34.2 Å². The van der Waals surface area contributed by atoms with E-state index in [0.29, 0.717) is 17.5 Å². The van der Waals surface area contributed by atoms with Crippen molar-refractivity contribution in [1.29, 1.82) is 0 Å². The molecule has 0 saturated heterocycles. The van der Waals surface area contributed by atoms with Crippen molar-refractivity contribution in [1.82, 2.24) is 15.0 Å². The molecule has 1 aliphatic rings. The summed E-state index contributed by atoms with van der Waals surface area (Å²) < 4.78 is 1.06. The molecule has 0 aliphatic carbocycles. The Bertz CT molecular complexity index is 1810. The number of hydrogen-bond acceptors (Lipinski definition) is 4. The molecule has 1 aromatic heterocycles. The van der Waals surface area contributed by atoms with Crippen LogP contribution in [0.2, 0.25) is 0 Å². The van der Waals surface area contributed by atoms with Crippen molar-refractivity contribution in [2.24, 2.45) is 0 Å². The second kappa shape index (κ2) is 10.1. The fourth-order valence-corrected chi connectivity index (χ4v) is 6.00. The molecule has 2 heterocycles. The smallest absolute Gasteiger partial charge is 0.164 e. The molecule has 1 aliphatic heterocycles. The zero-order chi connectivity index (χ0) is 28.0. The van der Waals surface area contributed by atoms with Gasteiger partial charge in [-0.05, 0) is 59.7 Å². The predicted molar refractivity (Wildman–Crippen MR) is 171 cm³/mol. The van der Waals surface area contributed by atoms with E-state index in [2.05, 4.69) is 101 Å². The molecule has 0 amide bonds. The van der Waals surface area contributed by atoms with Crippen molar-refractivity contribution in [3.05, 3.63) is 143 Å². The highest BCUT2D eigenvalue weighted by Gasteiger charge is 2.37. The van der Waals surface area contributed by atoms with Crippen LogP contribution in [0.3, 0.4) is 0 Å². The largest absolute Gasteiger partial charge is 0.310 e. The summed E-state index contributed by atoms with van der Waals surface area (Å²) >= 11 is 3.72. The van der Waals surface area contributed by atoms with Crippen LogP contribution in [0.5, 0.6) is 0 Å². The SMILES string of the molecule is CC1(C)c2cc(Br)ccc2N(c2ccccc2)c2ccc(-c3nc(-c4ccccc4)nc(-c4ccccc4)n3)cc21. The summed E-state index contributed by atoms with van der Waals surface area (Å²) in [6.07, 6.45) is 0. The molecular weight excluding hydrogens is 568 g/mol. The molecule has 7 rings (SSSR count). The van der Waals surface area contributed by atoms with E-state index in [1.54, 1.807) is 0 Å². The zero-order valence-electron chi connectivity index (χ0n) is 22.8. The molecular formula is C36H27BrN4. The Morgan fingerprint density at radius 2 is 0.976 bits per heavy atom. The van der Waals surface area contributed by atoms with Gasteiger partial charge >= 0.3 is 0 Å². The second-order valence-corrected chi connectivity index (χ2v) is 11.6. The maximum Gasteiger partial charge on any atom is 0.164 e. The Balaban J connectivity index is 1.44. The zero-order valence-corrected chi connectivity index (χ0v) is 24.4. The van der Waals surface area contributed by atoms with Gasteiger partial charge in [-0.3, -0.25) is 0 Å². The first kappa shape index (κ1) is 25.4. The predicted octanol–water partition coefficient (Wildman–Crippen LogP) is 9.74. The number of halogens is 1. The van der Waals surface area contributed by atoms with E-state index in [0.717, 1.165) is 32.5 Å². The van der Waals surface area contributed by atoms with Crippen LogP contribution in [0, 0.1) is 0 Å². The molecule has 0 atom stereocenters. The fraction of sp³-hybridized carbons (Fsp3) is 0.0833. The molecule has 6 aromatic rings. The Labute approximate surface area is 248 Å². The number of nitrogens with zero attached hydrogens (tertiary/aromatic N) is 4. The summed E-state index contributed by atoms with van der Waals surface area (Å²) in [6, 6.07) is 43.9. The van der Waals surface area contributed by atoms with Crippen molar-refractivity contribution in [3.63, 3.8) is 0 Å². The monoisotopic (exact) mass is 594 g/mol. The minimum Gasteiger partial charge on any atom is -0.310 e. The van der Waals surface area contributed by atoms with Crippen molar-refractivity contribution in [2.75, 3.05) is 4.90 Å². The molecule has 198 valence electrons. The van der Waals surface area contributed by atoms with Crippen LogP contribution in [-0.2, 0) is 5.41 Å². The highest BCUT2D eigenvalue weighted by molar-refractivity contribution is 9.10. The average molecular weight is 596 g/mol. The lowest BCUT2D eigenvalue weighted by molar-refractivity contribution is 0.631. The van der Waals surface area contributed by atoms with Gasteiger partial charge in [0.05, 0.1) is 11.4 Å². The van der Waals surface area contributed by atoms with Gasteiger partial charge in [-0.2, -0.15) is 0 Å². The van der Waals surface area contributed by atoms with Crippen LogP contribution in [0.1, 0.15) is 25.0 Å². The van der Waals surface area contributed by atoms with Crippen LogP contribution in [-0.4, -0.2) is 15.0 Å². The highest BCUT2D eigenvalue weighted by atomic mass is 79.9. The standard InChI is InChI=1S/C36H27BrN4/c1-36(2)29-22-26(18-20-31(29)41(28-16-10-5-11-17-28)32-21-19-27(37)23-30(32)36)35-39-33(24-12-6-3-7-13-24)38-34(40-35)25-14-8-4-9-15-25/h3-23H,1-2H3. The van der Waals surface area contributed by atoms with Gasteiger partial charge in [0.1, 0.15) is 0 Å². The maximum atomic E-state index is 4.99. The number of aromatic nitrogens is 3. The molecule has 0 radical (unpaired) electrons. The Hall–Kier alpha value is -4.61. The van der Waals surface area contributed by atoms with E-state index in [1.165, 1.54) is 16.8 Å². The molecule has 0 N–H and O–H groups in total. The first-order valence-corrected chi connectivity index (χ1v) is 14.5. The van der Waals surface area contributed by atoms with E-state index < -0.39 is 0 Å². The topological polar surface area (TPSA) is 41.9 Å².